The van der Waals surface area contributed by atoms with Crippen LogP contribution in [-0.2, 0) is 0 Å². The Labute approximate surface area is 235 Å². The molecule has 0 atom stereocenters. The van der Waals surface area contributed by atoms with Crippen LogP contribution in [0.1, 0.15) is 34.0 Å². The van der Waals surface area contributed by atoms with Crippen LogP contribution in [0.25, 0.3) is 44.7 Å². The monoisotopic (exact) mass is 544 g/mol. The fraction of sp³-hybridized carbons (Fsp3) is 0.152. The smallest absolute Gasteiger partial charge is 0.189 e. The Hall–Kier alpha value is -5.24. The number of hydrogen-bond donors (Lipinski definition) is 2. The van der Waals surface area contributed by atoms with Crippen LogP contribution in [0.2, 0.25) is 0 Å². The highest BCUT2D eigenvalue weighted by Gasteiger charge is 2.34. The molecular weight excluding hydrogens is 516 g/mol. The third kappa shape index (κ3) is 3.98. The molecule has 0 unspecified atom stereocenters. The molecule has 0 spiro atoms. The predicted octanol–water partition coefficient (Wildman–Crippen LogP) is 7.77. The zero-order valence-electron chi connectivity index (χ0n) is 23.1. The molecule has 0 fully saturated rings. The molecule has 41 heavy (non-hydrogen) atoms. The van der Waals surface area contributed by atoms with E-state index in [1.54, 1.807) is 14.2 Å². The summed E-state index contributed by atoms with van der Waals surface area (Å²) in [6.45, 7) is 3.89. The normalized spacial score (nSPS) is 11.6. The summed E-state index contributed by atoms with van der Waals surface area (Å²) in [5.41, 5.74) is 11.6. The topological polar surface area (TPSA) is 102 Å². The maximum absolute atomic E-state index is 6.04. The van der Waals surface area contributed by atoms with E-state index in [1.165, 1.54) is 0 Å². The average molecular weight is 545 g/mol. The van der Waals surface area contributed by atoms with Gasteiger partial charge in [0.1, 0.15) is 33.9 Å². The number of H-pyrrole nitrogens is 2. The lowest BCUT2D eigenvalue weighted by molar-refractivity contribution is 0.415. The number of benzene rings is 3. The van der Waals surface area contributed by atoms with Crippen LogP contribution in [0.15, 0.2) is 87.9 Å². The highest BCUT2D eigenvalue weighted by Crippen LogP contribution is 2.48. The minimum atomic E-state index is -0.299. The number of aromatic nitrogens is 4. The van der Waals surface area contributed by atoms with Gasteiger partial charge in [-0.15, -0.1) is 0 Å². The third-order valence-electron chi connectivity index (χ3n) is 7.72. The van der Waals surface area contributed by atoms with E-state index in [4.69, 9.17) is 18.5 Å². The second-order valence-electron chi connectivity index (χ2n) is 10.1. The van der Waals surface area contributed by atoms with Crippen molar-refractivity contribution in [3.05, 3.63) is 107 Å². The van der Waals surface area contributed by atoms with Crippen LogP contribution >= 0.6 is 0 Å². The summed E-state index contributed by atoms with van der Waals surface area (Å²) in [5.74, 6) is 1.27. The molecule has 7 aromatic rings. The van der Waals surface area contributed by atoms with Crippen molar-refractivity contribution in [2.45, 2.75) is 19.8 Å². The van der Waals surface area contributed by atoms with Gasteiger partial charge in [-0.25, -0.2) is 0 Å². The first-order chi connectivity index (χ1) is 20.1. The second kappa shape index (κ2) is 9.75. The van der Waals surface area contributed by atoms with Crippen molar-refractivity contribution in [2.75, 3.05) is 14.2 Å². The lowest BCUT2D eigenvalue weighted by Gasteiger charge is -2.20. The Morgan fingerprint density at radius 1 is 0.610 bits per heavy atom. The van der Waals surface area contributed by atoms with Gasteiger partial charge >= 0.3 is 0 Å². The molecule has 0 radical (unpaired) electrons. The molecule has 3 aromatic carbocycles. The van der Waals surface area contributed by atoms with Gasteiger partial charge < -0.3 is 28.5 Å². The number of hydrogen-bond acceptors (Lipinski definition) is 6. The summed E-state index contributed by atoms with van der Waals surface area (Å²) >= 11 is 0. The van der Waals surface area contributed by atoms with Crippen molar-refractivity contribution >= 4 is 22.2 Å². The summed E-state index contributed by atoms with van der Waals surface area (Å²) in [4.78, 5) is 7.27. The van der Waals surface area contributed by atoms with Gasteiger partial charge in [0.2, 0.25) is 0 Å². The largest absolute Gasteiger partial charge is 0.497 e. The molecule has 0 amide bonds. The Morgan fingerprint density at radius 2 is 1.05 bits per heavy atom. The van der Waals surface area contributed by atoms with E-state index in [-0.39, 0.29) is 5.92 Å². The van der Waals surface area contributed by atoms with Gasteiger partial charge in [-0.2, -0.15) is 0 Å². The van der Waals surface area contributed by atoms with Gasteiger partial charge in [-0.3, -0.25) is 0 Å². The molecule has 0 saturated heterocycles. The van der Waals surface area contributed by atoms with Crippen LogP contribution in [0.3, 0.4) is 0 Å². The standard InChI is InChI=1S/C33H28N4O4/c1-18-28-32(40-36-18)26(30(34-28)21-10-14-23(38-3)15-11-21)25(20-8-6-5-7-9-20)27-31(22-12-16-24(39-4)17-13-22)35-29-19(2)37-41-33(27)29/h5-17,25,34-35H,1-4H3. The number of aryl methyl sites for hydroxylation is 2. The molecule has 204 valence electrons. The first-order valence-electron chi connectivity index (χ1n) is 13.4. The fourth-order valence-electron chi connectivity index (χ4n) is 5.66. The molecule has 7 rings (SSSR count). The Morgan fingerprint density at radius 3 is 1.46 bits per heavy atom. The quantitative estimate of drug-likeness (QED) is 0.212. The molecule has 4 heterocycles. The third-order valence-corrected chi connectivity index (χ3v) is 7.72. The number of fused-ring (bicyclic) bond motifs is 2. The zero-order valence-corrected chi connectivity index (χ0v) is 23.1. The highest BCUT2D eigenvalue weighted by molar-refractivity contribution is 5.94. The zero-order chi connectivity index (χ0) is 28.1. The Balaban J connectivity index is 1.57. The van der Waals surface area contributed by atoms with Crippen molar-refractivity contribution in [3.8, 4) is 34.0 Å². The molecule has 0 aliphatic heterocycles. The van der Waals surface area contributed by atoms with E-state index < -0.39 is 0 Å². The molecule has 2 N–H and O–H groups in total. The Bertz CT molecular complexity index is 1850. The van der Waals surface area contributed by atoms with Gasteiger partial charge in [0.05, 0.1) is 25.6 Å². The fourth-order valence-corrected chi connectivity index (χ4v) is 5.66. The highest BCUT2D eigenvalue weighted by atomic mass is 16.5. The number of nitrogens with one attached hydrogen (secondary N) is 2. The molecule has 0 aliphatic carbocycles. The van der Waals surface area contributed by atoms with Crippen LogP contribution < -0.4 is 9.47 Å². The van der Waals surface area contributed by atoms with Crippen LogP contribution in [0.5, 0.6) is 11.5 Å². The molecule has 0 bridgehead atoms. The van der Waals surface area contributed by atoms with E-state index in [2.05, 4.69) is 32.4 Å². The summed E-state index contributed by atoms with van der Waals surface area (Å²) in [5, 5.41) is 8.64. The minimum Gasteiger partial charge on any atom is -0.497 e. The van der Waals surface area contributed by atoms with Gasteiger partial charge in [-0.1, -0.05) is 40.6 Å². The van der Waals surface area contributed by atoms with Crippen molar-refractivity contribution < 1.29 is 18.5 Å². The number of aromatic amines is 2. The van der Waals surface area contributed by atoms with E-state index in [0.717, 1.165) is 73.1 Å². The Kier molecular flexibility index (Phi) is 5.89. The van der Waals surface area contributed by atoms with E-state index >= 15 is 0 Å². The number of methoxy groups -OCH3 is 2. The van der Waals surface area contributed by atoms with Crippen LogP contribution in [0, 0.1) is 13.8 Å². The molecule has 0 aliphatic rings. The first-order valence-corrected chi connectivity index (χ1v) is 13.4. The maximum Gasteiger partial charge on any atom is 0.189 e. The summed E-state index contributed by atoms with van der Waals surface area (Å²) < 4.78 is 23.0. The molecule has 8 nitrogen and oxygen atoms in total. The van der Waals surface area contributed by atoms with Gasteiger partial charge in [0.25, 0.3) is 0 Å². The SMILES string of the molecule is COc1ccc(-c2[nH]c3c(C)noc3c2C(c2ccccc2)c2c(-c3ccc(OC)cc3)[nH]c3c(C)noc23)cc1. The first kappa shape index (κ1) is 24.8. The van der Waals surface area contributed by atoms with Crippen molar-refractivity contribution in [1.82, 2.24) is 20.3 Å². The average Bonchev–Trinajstić information content (AvgIpc) is 3.77. The number of nitrogens with zero attached hydrogens (tertiary/aromatic N) is 2. The molecular formula is C33H28N4O4. The molecule has 4 aromatic heterocycles. The summed E-state index contributed by atoms with van der Waals surface area (Å²) in [6.07, 6.45) is 0. The molecule has 8 heteroatoms. The lowest BCUT2D eigenvalue weighted by atomic mass is 9.82. The van der Waals surface area contributed by atoms with Crippen molar-refractivity contribution in [2.24, 2.45) is 0 Å². The van der Waals surface area contributed by atoms with Gasteiger partial charge in [0.15, 0.2) is 11.2 Å². The number of rotatable bonds is 7. The maximum atomic E-state index is 6.04. The summed E-state index contributed by atoms with van der Waals surface area (Å²) in [7, 11) is 3.33. The van der Waals surface area contributed by atoms with Gasteiger partial charge in [-0.05, 0) is 79.1 Å². The predicted molar refractivity (Wildman–Crippen MR) is 158 cm³/mol. The van der Waals surface area contributed by atoms with Gasteiger partial charge in [0, 0.05) is 17.0 Å². The van der Waals surface area contributed by atoms with Crippen molar-refractivity contribution in [3.63, 3.8) is 0 Å². The van der Waals surface area contributed by atoms with Crippen LogP contribution in [0.4, 0.5) is 0 Å². The lowest BCUT2D eigenvalue weighted by Crippen LogP contribution is -2.06. The number of ether oxygens (including phenoxy) is 2. The van der Waals surface area contributed by atoms with Crippen molar-refractivity contribution in [1.29, 1.82) is 0 Å². The summed E-state index contributed by atoms with van der Waals surface area (Å²) in [6, 6.07) is 26.4. The van der Waals surface area contributed by atoms with E-state index in [1.807, 2.05) is 80.6 Å². The second-order valence-corrected chi connectivity index (χ2v) is 10.1. The minimum absolute atomic E-state index is 0.299. The molecule has 0 saturated carbocycles. The van der Waals surface area contributed by atoms with E-state index in [0.29, 0.717) is 11.2 Å². The van der Waals surface area contributed by atoms with E-state index in [9.17, 15) is 0 Å². The van der Waals surface area contributed by atoms with Crippen LogP contribution in [-0.4, -0.2) is 34.5 Å².